The van der Waals surface area contributed by atoms with Crippen LogP contribution in [0.1, 0.15) is 12.8 Å². The Balaban J connectivity index is 1.97. The molecule has 0 atom stereocenters. The van der Waals surface area contributed by atoms with Gasteiger partial charge in [-0.15, -0.1) is 0 Å². The highest BCUT2D eigenvalue weighted by atomic mass is 16.5. The van der Waals surface area contributed by atoms with E-state index in [9.17, 15) is 4.79 Å². The fourth-order valence-electron chi connectivity index (χ4n) is 1.43. The first kappa shape index (κ1) is 11.3. The van der Waals surface area contributed by atoms with Crippen molar-refractivity contribution < 1.29 is 14.6 Å². The third-order valence-electron chi connectivity index (χ3n) is 2.15. The van der Waals surface area contributed by atoms with Gasteiger partial charge in [0.1, 0.15) is 0 Å². The number of hydrogen-bond donors (Lipinski definition) is 2. The Morgan fingerprint density at radius 3 is 2.71 bits per heavy atom. The Kier molecular flexibility index (Phi) is 5.32. The molecule has 0 unspecified atom stereocenters. The molecule has 0 radical (unpaired) electrons. The van der Waals surface area contributed by atoms with Crippen LogP contribution in [-0.2, 0) is 4.74 Å². The van der Waals surface area contributed by atoms with Crippen molar-refractivity contribution in [3.63, 3.8) is 0 Å². The second-order valence-corrected chi connectivity index (χ2v) is 3.26. The van der Waals surface area contributed by atoms with Crippen molar-refractivity contribution in [2.45, 2.75) is 12.8 Å². The maximum absolute atomic E-state index is 11.4. The van der Waals surface area contributed by atoms with Crippen LogP contribution < -0.4 is 5.32 Å². The third kappa shape index (κ3) is 3.93. The molecular formula is C9H18N2O3. The number of hydrogen-bond acceptors (Lipinski definition) is 3. The van der Waals surface area contributed by atoms with Crippen molar-refractivity contribution in [1.29, 1.82) is 0 Å². The summed E-state index contributed by atoms with van der Waals surface area (Å²) in [6.45, 7) is 3.06. The summed E-state index contributed by atoms with van der Waals surface area (Å²) in [5.74, 6) is 0. The van der Waals surface area contributed by atoms with Gasteiger partial charge in [0, 0.05) is 19.6 Å². The Morgan fingerprint density at radius 2 is 2.07 bits per heavy atom. The fourth-order valence-corrected chi connectivity index (χ4v) is 1.43. The zero-order chi connectivity index (χ0) is 10.2. The fraction of sp³-hybridized carbons (Fsp3) is 0.889. The number of nitrogens with zero attached hydrogens (tertiary/aromatic N) is 1. The molecule has 2 amide bonds. The first-order valence-corrected chi connectivity index (χ1v) is 5.06. The van der Waals surface area contributed by atoms with Gasteiger partial charge in [-0.05, 0) is 12.8 Å². The van der Waals surface area contributed by atoms with E-state index < -0.39 is 0 Å². The molecule has 82 valence electrons. The predicted octanol–water partition coefficient (Wildman–Crippen LogP) is -0.199. The number of likely N-dealkylation sites (tertiary alicyclic amines) is 1. The third-order valence-corrected chi connectivity index (χ3v) is 2.15. The first-order chi connectivity index (χ1) is 6.84. The maximum Gasteiger partial charge on any atom is 0.317 e. The van der Waals surface area contributed by atoms with Gasteiger partial charge in [-0.3, -0.25) is 0 Å². The SMILES string of the molecule is O=C(NCCOCCO)N1CCCC1. The van der Waals surface area contributed by atoms with Gasteiger partial charge < -0.3 is 20.1 Å². The number of amides is 2. The highest BCUT2D eigenvalue weighted by molar-refractivity contribution is 5.74. The van der Waals surface area contributed by atoms with Crippen molar-refractivity contribution in [1.82, 2.24) is 10.2 Å². The molecule has 1 heterocycles. The zero-order valence-electron chi connectivity index (χ0n) is 8.37. The van der Waals surface area contributed by atoms with Crippen LogP contribution in [0.2, 0.25) is 0 Å². The number of aliphatic hydroxyl groups is 1. The Bertz CT molecular complexity index is 169. The minimum atomic E-state index is -0.00454. The normalized spacial score (nSPS) is 15.9. The standard InChI is InChI=1S/C9H18N2O3/c12-6-8-14-7-3-10-9(13)11-4-1-2-5-11/h12H,1-8H2,(H,10,13). The van der Waals surface area contributed by atoms with E-state index in [2.05, 4.69) is 5.32 Å². The molecule has 0 bridgehead atoms. The van der Waals surface area contributed by atoms with Gasteiger partial charge in [0.25, 0.3) is 0 Å². The number of ether oxygens (including phenoxy) is 1. The lowest BCUT2D eigenvalue weighted by Crippen LogP contribution is -2.39. The summed E-state index contributed by atoms with van der Waals surface area (Å²) in [6, 6.07) is -0.00454. The summed E-state index contributed by atoms with van der Waals surface area (Å²) in [5.41, 5.74) is 0. The van der Waals surface area contributed by atoms with Crippen LogP contribution in [0.15, 0.2) is 0 Å². The van der Waals surface area contributed by atoms with Crippen molar-refractivity contribution in [3.8, 4) is 0 Å². The van der Waals surface area contributed by atoms with Crippen molar-refractivity contribution in [3.05, 3.63) is 0 Å². The average Bonchev–Trinajstić information content (AvgIpc) is 2.70. The molecule has 0 aliphatic carbocycles. The number of urea groups is 1. The lowest BCUT2D eigenvalue weighted by molar-refractivity contribution is 0.0939. The smallest absolute Gasteiger partial charge is 0.317 e. The van der Waals surface area contributed by atoms with Crippen LogP contribution in [0.25, 0.3) is 0 Å². The Hall–Kier alpha value is -0.810. The van der Waals surface area contributed by atoms with Crippen LogP contribution in [0.3, 0.4) is 0 Å². The van der Waals surface area contributed by atoms with Crippen molar-refractivity contribution in [2.75, 3.05) is 39.5 Å². The number of aliphatic hydroxyl groups excluding tert-OH is 1. The molecule has 0 saturated carbocycles. The largest absolute Gasteiger partial charge is 0.394 e. The van der Waals surface area contributed by atoms with E-state index in [1.54, 1.807) is 0 Å². The molecule has 1 fully saturated rings. The molecule has 0 spiro atoms. The van der Waals surface area contributed by atoms with Crippen LogP contribution in [-0.4, -0.2) is 55.5 Å². The van der Waals surface area contributed by atoms with E-state index in [1.165, 1.54) is 0 Å². The Morgan fingerprint density at radius 1 is 1.36 bits per heavy atom. The van der Waals surface area contributed by atoms with Crippen LogP contribution in [0.5, 0.6) is 0 Å². The molecule has 14 heavy (non-hydrogen) atoms. The molecule has 5 nitrogen and oxygen atoms in total. The van der Waals surface area contributed by atoms with E-state index in [0.29, 0.717) is 19.8 Å². The predicted molar refractivity (Wildman–Crippen MR) is 52.1 cm³/mol. The molecular weight excluding hydrogens is 184 g/mol. The molecule has 0 aromatic heterocycles. The molecule has 1 aliphatic rings. The van der Waals surface area contributed by atoms with Gasteiger partial charge in [-0.25, -0.2) is 4.79 Å². The minimum Gasteiger partial charge on any atom is -0.394 e. The van der Waals surface area contributed by atoms with E-state index in [0.717, 1.165) is 25.9 Å². The molecule has 1 rings (SSSR count). The quantitative estimate of drug-likeness (QED) is 0.607. The monoisotopic (exact) mass is 202 g/mol. The van der Waals surface area contributed by atoms with E-state index >= 15 is 0 Å². The van der Waals surface area contributed by atoms with Gasteiger partial charge in [-0.2, -0.15) is 0 Å². The van der Waals surface area contributed by atoms with E-state index in [-0.39, 0.29) is 12.6 Å². The maximum atomic E-state index is 11.4. The lowest BCUT2D eigenvalue weighted by Gasteiger charge is -2.15. The topological polar surface area (TPSA) is 61.8 Å². The van der Waals surface area contributed by atoms with Crippen LogP contribution in [0.4, 0.5) is 4.79 Å². The second kappa shape index (κ2) is 6.62. The van der Waals surface area contributed by atoms with E-state index in [4.69, 9.17) is 9.84 Å². The van der Waals surface area contributed by atoms with Crippen molar-refractivity contribution >= 4 is 6.03 Å². The van der Waals surface area contributed by atoms with Crippen molar-refractivity contribution in [2.24, 2.45) is 0 Å². The molecule has 0 aromatic rings. The molecule has 1 aliphatic heterocycles. The van der Waals surface area contributed by atoms with Gasteiger partial charge in [0.2, 0.25) is 0 Å². The van der Waals surface area contributed by atoms with Gasteiger partial charge >= 0.3 is 6.03 Å². The molecule has 2 N–H and O–H groups in total. The summed E-state index contributed by atoms with van der Waals surface area (Å²) in [5, 5.41) is 11.2. The number of carbonyl (C=O) groups excluding carboxylic acids is 1. The average molecular weight is 202 g/mol. The van der Waals surface area contributed by atoms with Gasteiger partial charge in [-0.1, -0.05) is 0 Å². The molecule has 5 heteroatoms. The highest BCUT2D eigenvalue weighted by Gasteiger charge is 2.16. The number of nitrogens with one attached hydrogen (secondary N) is 1. The number of carbonyl (C=O) groups is 1. The minimum absolute atomic E-state index is 0.00454. The summed E-state index contributed by atoms with van der Waals surface area (Å²) in [6.07, 6.45) is 2.21. The molecule has 0 aromatic carbocycles. The second-order valence-electron chi connectivity index (χ2n) is 3.26. The summed E-state index contributed by atoms with van der Waals surface area (Å²) in [7, 11) is 0. The number of rotatable bonds is 5. The van der Waals surface area contributed by atoms with E-state index in [1.807, 2.05) is 4.90 Å². The van der Waals surface area contributed by atoms with Crippen LogP contribution in [0, 0.1) is 0 Å². The first-order valence-electron chi connectivity index (χ1n) is 5.06. The summed E-state index contributed by atoms with van der Waals surface area (Å²) >= 11 is 0. The molecule has 1 saturated heterocycles. The summed E-state index contributed by atoms with van der Waals surface area (Å²) in [4.78, 5) is 13.2. The highest BCUT2D eigenvalue weighted by Crippen LogP contribution is 2.06. The summed E-state index contributed by atoms with van der Waals surface area (Å²) < 4.78 is 5.01. The van der Waals surface area contributed by atoms with Gasteiger partial charge in [0.05, 0.1) is 19.8 Å². The van der Waals surface area contributed by atoms with Gasteiger partial charge in [0.15, 0.2) is 0 Å². The van der Waals surface area contributed by atoms with Crippen LogP contribution >= 0.6 is 0 Å². The lowest BCUT2D eigenvalue weighted by atomic mass is 10.4. The zero-order valence-corrected chi connectivity index (χ0v) is 8.37. The Labute approximate surface area is 84.0 Å².